The lowest BCUT2D eigenvalue weighted by Crippen LogP contribution is -2.14. The molecule has 1 aromatic heterocycles. The molecular weight excluding hydrogens is 307 g/mol. The zero-order valence-electron chi connectivity index (χ0n) is 10.6. The zero-order chi connectivity index (χ0) is 13.2. The summed E-state index contributed by atoms with van der Waals surface area (Å²) in [5.41, 5.74) is 1.96. The Hall–Kier alpha value is -1.13. The van der Waals surface area contributed by atoms with E-state index in [1.165, 1.54) is 24.5 Å². The number of nitrogens with one attached hydrogen (secondary N) is 1. The summed E-state index contributed by atoms with van der Waals surface area (Å²) in [6.45, 7) is 1.48. The molecule has 0 atom stereocenters. The van der Waals surface area contributed by atoms with Gasteiger partial charge in [0.1, 0.15) is 5.82 Å². The van der Waals surface area contributed by atoms with Gasteiger partial charge in [-0.05, 0) is 36.6 Å². The standard InChI is InChI=1S/C15H16BrFN2/c16-13-2-1-12(15(17)7-13)10-19-6-5-11(9-19)8-18-14-3-4-14/h1-2,5-7,9,14,18H,3-4,8,10H2. The summed E-state index contributed by atoms with van der Waals surface area (Å²) < 4.78 is 16.5. The summed E-state index contributed by atoms with van der Waals surface area (Å²) in [5, 5.41) is 3.48. The van der Waals surface area contributed by atoms with Crippen molar-refractivity contribution in [2.24, 2.45) is 0 Å². The first kappa shape index (κ1) is 12.9. The van der Waals surface area contributed by atoms with Gasteiger partial charge in [-0.15, -0.1) is 0 Å². The van der Waals surface area contributed by atoms with E-state index in [1.807, 2.05) is 22.9 Å². The van der Waals surface area contributed by atoms with Gasteiger partial charge in [-0.1, -0.05) is 22.0 Å². The highest BCUT2D eigenvalue weighted by Gasteiger charge is 2.19. The van der Waals surface area contributed by atoms with Crippen molar-refractivity contribution in [3.63, 3.8) is 0 Å². The molecule has 100 valence electrons. The van der Waals surface area contributed by atoms with Crippen molar-refractivity contribution in [3.8, 4) is 0 Å². The zero-order valence-corrected chi connectivity index (χ0v) is 12.2. The first-order chi connectivity index (χ1) is 9.20. The lowest BCUT2D eigenvalue weighted by Gasteiger charge is -2.05. The molecule has 4 heteroatoms. The molecule has 0 saturated heterocycles. The molecule has 3 rings (SSSR count). The number of aromatic nitrogens is 1. The van der Waals surface area contributed by atoms with Crippen LogP contribution in [0.2, 0.25) is 0 Å². The van der Waals surface area contributed by atoms with E-state index in [-0.39, 0.29) is 5.82 Å². The van der Waals surface area contributed by atoms with E-state index >= 15 is 0 Å². The molecule has 1 aliphatic rings. The second-order valence-corrected chi connectivity index (χ2v) is 6.00. The predicted octanol–water partition coefficient (Wildman–Crippen LogP) is 3.69. The van der Waals surface area contributed by atoms with Crippen molar-refractivity contribution in [2.45, 2.75) is 32.0 Å². The highest BCUT2D eigenvalue weighted by atomic mass is 79.9. The van der Waals surface area contributed by atoms with Gasteiger partial charge in [-0.25, -0.2) is 4.39 Å². The van der Waals surface area contributed by atoms with Crippen molar-refractivity contribution in [3.05, 3.63) is 58.1 Å². The van der Waals surface area contributed by atoms with Crippen molar-refractivity contribution >= 4 is 15.9 Å². The molecule has 0 bridgehead atoms. The summed E-state index contributed by atoms with van der Waals surface area (Å²) in [6.07, 6.45) is 6.68. The Morgan fingerprint density at radius 1 is 1.32 bits per heavy atom. The minimum Gasteiger partial charge on any atom is -0.349 e. The van der Waals surface area contributed by atoms with E-state index in [9.17, 15) is 4.39 Å². The minimum absolute atomic E-state index is 0.166. The third-order valence-corrected chi connectivity index (χ3v) is 3.85. The number of benzene rings is 1. The number of hydrogen-bond acceptors (Lipinski definition) is 1. The molecule has 0 amide bonds. The number of halogens is 2. The molecule has 1 saturated carbocycles. The third-order valence-electron chi connectivity index (χ3n) is 3.35. The van der Waals surface area contributed by atoms with Crippen molar-refractivity contribution < 1.29 is 4.39 Å². The van der Waals surface area contributed by atoms with Crippen LogP contribution in [0.3, 0.4) is 0 Å². The van der Waals surface area contributed by atoms with Gasteiger partial charge in [0.25, 0.3) is 0 Å². The van der Waals surface area contributed by atoms with Gasteiger partial charge in [-0.2, -0.15) is 0 Å². The van der Waals surface area contributed by atoms with Crippen LogP contribution >= 0.6 is 15.9 Å². The lowest BCUT2D eigenvalue weighted by atomic mass is 10.2. The van der Waals surface area contributed by atoms with Crippen LogP contribution in [0.4, 0.5) is 4.39 Å². The summed E-state index contributed by atoms with van der Waals surface area (Å²) in [6, 6.07) is 8.01. The van der Waals surface area contributed by atoms with E-state index < -0.39 is 0 Å². The fourth-order valence-corrected chi connectivity index (χ4v) is 2.42. The second-order valence-electron chi connectivity index (χ2n) is 5.08. The predicted molar refractivity (Wildman–Crippen MR) is 77.5 cm³/mol. The fourth-order valence-electron chi connectivity index (χ4n) is 2.09. The molecule has 2 aromatic rings. The monoisotopic (exact) mass is 322 g/mol. The largest absolute Gasteiger partial charge is 0.349 e. The molecule has 0 aliphatic heterocycles. The summed E-state index contributed by atoms with van der Waals surface area (Å²) >= 11 is 3.27. The molecule has 2 nitrogen and oxygen atoms in total. The Morgan fingerprint density at radius 2 is 2.16 bits per heavy atom. The van der Waals surface area contributed by atoms with Crippen LogP contribution in [0.15, 0.2) is 41.1 Å². The van der Waals surface area contributed by atoms with E-state index in [1.54, 1.807) is 0 Å². The Bertz CT molecular complexity index is 575. The Morgan fingerprint density at radius 3 is 2.89 bits per heavy atom. The summed E-state index contributed by atoms with van der Waals surface area (Å²) in [5.74, 6) is -0.166. The van der Waals surface area contributed by atoms with Gasteiger partial charge < -0.3 is 9.88 Å². The van der Waals surface area contributed by atoms with Crippen molar-refractivity contribution in [1.82, 2.24) is 9.88 Å². The van der Waals surface area contributed by atoms with Crippen molar-refractivity contribution in [2.75, 3.05) is 0 Å². The van der Waals surface area contributed by atoms with Crippen LogP contribution in [-0.2, 0) is 13.1 Å². The first-order valence-corrected chi connectivity index (χ1v) is 7.32. The molecule has 1 aromatic carbocycles. The SMILES string of the molecule is Fc1cc(Br)ccc1Cn1ccc(CNC2CC2)c1. The van der Waals surface area contributed by atoms with Gasteiger partial charge >= 0.3 is 0 Å². The van der Waals surface area contributed by atoms with Gasteiger partial charge in [0.15, 0.2) is 0 Å². The topological polar surface area (TPSA) is 17.0 Å². The maximum atomic E-state index is 13.7. The smallest absolute Gasteiger partial charge is 0.129 e. The fraction of sp³-hybridized carbons (Fsp3) is 0.333. The van der Waals surface area contributed by atoms with Crippen LogP contribution in [0.25, 0.3) is 0 Å². The molecule has 0 unspecified atom stereocenters. The van der Waals surface area contributed by atoms with Crippen molar-refractivity contribution in [1.29, 1.82) is 0 Å². The van der Waals surface area contributed by atoms with Crippen LogP contribution in [0.5, 0.6) is 0 Å². The number of rotatable bonds is 5. The lowest BCUT2D eigenvalue weighted by molar-refractivity contribution is 0.598. The highest BCUT2D eigenvalue weighted by Crippen LogP contribution is 2.20. The molecule has 0 spiro atoms. The van der Waals surface area contributed by atoms with Gasteiger partial charge in [-0.3, -0.25) is 0 Å². The van der Waals surface area contributed by atoms with E-state index in [4.69, 9.17) is 0 Å². The van der Waals surface area contributed by atoms with Gasteiger partial charge in [0.05, 0.1) is 0 Å². The Balaban J connectivity index is 1.65. The number of hydrogen-bond donors (Lipinski definition) is 1. The molecule has 1 heterocycles. The molecule has 1 N–H and O–H groups in total. The van der Waals surface area contributed by atoms with Gasteiger partial charge in [0.2, 0.25) is 0 Å². The molecular formula is C15H16BrFN2. The Labute approximate surface area is 120 Å². The van der Waals surface area contributed by atoms with E-state index in [0.717, 1.165) is 11.0 Å². The molecule has 19 heavy (non-hydrogen) atoms. The maximum absolute atomic E-state index is 13.7. The first-order valence-electron chi connectivity index (χ1n) is 6.53. The van der Waals surface area contributed by atoms with E-state index in [2.05, 4.69) is 33.5 Å². The summed E-state index contributed by atoms with van der Waals surface area (Å²) in [7, 11) is 0. The normalized spacial score (nSPS) is 14.8. The van der Waals surface area contributed by atoms with Crippen LogP contribution in [0.1, 0.15) is 24.0 Å². The highest BCUT2D eigenvalue weighted by molar-refractivity contribution is 9.10. The van der Waals surface area contributed by atoms with Gasteiger partial charge in [0, 0.05) is 41.6 Å². The van der Waals surface area contributed by atoms with Crippen LogP contribution < -0.4 is 5.32 Å². The average Bonchev–Trinajstić information content (AvgIpc) is 3.10. The van der Waals surface area contributed by atoms with Crippen LogP contribution in [-0.4, -0.2) is 10.6 Å². The molecule has 1 aliphatic carbocycles. The molecule has 1 fully saturated rings. The van der Waals surface area contributed by atoms with E-state index in [0.29, 0.717) is 18.2 Å². The Kier molecular flexibility index (Phi) is 3.71. The minimum atomic E-state index is -0.166. The summed E-state index contributed by atoms with van der Waals surface area (Å²) in [4.78, 5) is 0. The van der Waals surface area contributed by atoms with Crippen LogP contribution in [0, 0.1) is 5.82 Å². The third kappa shape index (κ3) is 3.45. The quantitative estimate of drug-likeness (QED) is 0.888. The average molecular weight is 323 g/mol. The maximum Gasteiger partial charge on any atom is 0.129 e. The molecule has 0 radical (unpaired) electrons. The number of nitrogens with zero attached hydrogens (tertiary/aromatic N) is 1. The second kappa shape index (κ2) is 5.47.